The molecule has 1 aromatic heterocycles. The number of benzene rings is 1. The van der Waals surface area contributed by atoms with Crippen LogP contribution in [0.25, 0.3) is 0 Å². The molecular formula is C14H18N4O2. The second kappa shape index (κ2) is 6.60. The summed E-state index contributed by atoms with van der Waals surface area (Å²) in [4.78, 5) is 15.4. The highest BCUT2D eigenvalue weighted by Gasteiger charge is 2.02. The summed E-state index contributed by atoms with van der Waals surface area (Å²) in [7, 11) is 1.33. The SMILES string of the molecule is CCn1ccnc1CNc1ccc(NC(=O)OC)cc1. The third-order valence-electron chi connectivity index (χ3n) is 2.91. The van der Waals surface area contributed by atoms with E-state index in [1.54, 1.807) is 6.20 Å². The molecule has 6 heteroatoms. The fourth-order valence-electron chi connectivity index (χ4n) is 1.82. The number of imidazole rings is 1. The van der Waals surface area contributed by atoms with Gasteiger partial charge in [-0.05, 0) is 31.2 Å². The van der Waals surface area contributed by atoms with Gasteiger partial charge in [0.1, 0.15) is 5.82 Å². The molecule has 0 atom stereocenters. The summed E-state index contributed by atoms with van der Waals surface area (Å²) in [6, 6.07) is 7.41. The molecule has 6 nitrogen and oxygen atoms in total. The summed E-state index contributed by atoms with van der Waals surface area (Å²) in [5.74, 6) is 0.990. The number of ether oxygens (including phenoxy) is 1. The van der Waals surface area contributed by atoms with Crippen molar-refractivity contribution in [1.82, 2.24) is 9.55 Å². The Morgan fingerprint density at radius 2 is 2.00 bits per heavy atom. The largest absolute Gasteiger partial charge is 0.453 e. The molecule has 0 aliphatic carbocycles. The predicted molar refractivity (Wildman–Crippen MR) is 77.7 cm³/mol. The van der Waals surface area contributed by atoms with Gasteiger partial charge in [-0.2, -0.15) is 0 Å². The summed E-state index contributed by atoms with van der Waals surface area (Å²) >= 11 is 0. The summed E-state index contributed by atoms with van der Waals surface area (Å²) in [6.07, 6.45) is 3.28. The van der Waals surface area contributed by atoms with E-state index in [9.17, 15) is 4.79 Å². The minimum Gasteiger partial charge on any atom is -0.453 e. The number of anilines is 2. The Bertz CT molecular complexity index is 563. The maximum atomic E-state index is 11.1. The van der Waals surface area contributed by atoms with E-state index in [-0.39, 0.29) is 0 Å². The van der Waals surface area contributed by atoms with Crippen LogP contribution in [-0.2, 0) is 17.8 Å². The summed E-state index contributed by atoms with van der Waals surface area (Å²) in [5.41, 5.74) is 1.66. The standard InChI is InChI=1S/C14H18N4O2/c1-3-18-9-8-15-13(18)10-16-11-4-6-12(7-5-11)17-14(19)20-2/h4-9,16H,3,10H2,1-2H3,(H,17,19). The fraction of sp³-hybridized carbons (Fsp3) is 0.286. The predicted octanol–water partition coefficient (Wildman–Crippen LogP) is 2.69. The quantitative estimate of drug-likeness (QED) is 0.879. The Morgan fingerprint density at radius 1 is 1.30 bits per heavy atom. The Kier molecular flexibility index (Phi) is 4.60. The van der Waals surface area contributed by atoms with Crippen LogP contribution in [0.5, 0.6) is 0 Å². The van der Waals surface area contributed by atoms with Crippen LogP contribution >= 0.6 is 0 Å². The summed E-state index contributed by atoms with van der Waals surface area (Å²) in [5, 5.41) is 5.89. The molecule has 0 aliphatic heterocycles. The minimum absolute atomic E-state index is 0.476. The number of aromatic nitrogens is 2. The molecular weight excluding hydrogens is 256 g/mol. The molecule has 1 heterocycles. The number of amides is 1. The Hall–Kier alpha value is -2.50. The van der Waals surface area contributed by atoms with Crippen LogP contribution in [0.15, 0.2) is 36.7 Å². The van der Waals surface area contributed by atoms with Gasteiger partial charge in [-0.1, -0.05) is 0 Å². The van der Waals surface area contributed by atoms with Crippen molar-refractivity contribution >= 4 is 17.5 Å². The van der Waals surface area contributed by atoms with Crippen LogP contribution in [0.4, 0.5) is 16.2 Å². The topological polar surface area (TPSA) is 68.2 Å². The maximum absolute atomic E-state index is 11.1. The van der Waals surface area contributed by atoms with Crippen molar-refractivity contribution in [3.63, 3.8) is 0 Å². The van der Waals surface area contributed by atoms with Gasteiger partial charge in [-0.25, -0.2) is 9.78 Å². The number of carbonyl (C=O) groups is 1. The Labute approximate surface area is 117 Å². The smallest absolute Gasteiger partial charge is 0.411 e. The molecule has 2 N–H and O–H groups in total. The average molecular weight is 274 g/mol. The number of rotatable bonds is 5. The van der Waals surface area contributed by atoms with Gasteiger partial charge in [0, 0.05) is 30.3 Å². The lowest BCUT2D eigenvalue weighted by molar-refractivity contribution is 0.187. The number of carbonyl (C=O) groups excluding carboxylic acids is 1. The molecule has 1 aromatic carbocycles. The van der Waals surface area contributed by atoms with E-state index < -0.39 is 6.09 Å². The average Bonchev–Trinajstić information content (AvgIpc) is 2.94. The van der Waals surface area contributed by atoms with Gasteiger partial charge >= 0.3 is 6.09 Å². The first-order chi connectivity index (χ1) is 9.72. The molecule has 0 aliphatic rings. The van der Waals surface area contributed by atoms with Crippen molar-refractivity contribution in [1.29, 1.82) is 0 Å². The van der Waals surface area contributed by atoms with Crippen LogP contribution in [-0.4, -0.2) is 22.8 Å². The van der Waals surface area contributed by atoms with Crippen LogP contribution < -0.4 is 10.6 Å². The van der Waals surface area contributed by atoms with E-state index in [0.29, 0.717) is 12.2 Å². The molecule has 1 amide bonds. The third-order valence-corrected chi connectivity index (χ3v) is 2.91. The molecule has 0 radical (unpaired) electrons. The molecule has 20 heavy (non-hydrogen) atoms. The second-order valence-electron chi connectivity index (χ2n) is 4.18. The van der Waals surface area contributed by atoms with Gasteiger partial charge in [0.15, 0.2) is 0 Å². The van der Waals surface area contributed by atoms with Gasteiger partial charge in [-0.15, -0.1) is 0 Å². The monoisotopic (exact) mass is 274 g/mol. The highest BCUT2D eigenvalue weighted by atomic mass is 16.5. The number of hydrogen-bond acceptors (Lipinski definition) is 4. The number of hydrogen-bond donors (Lipinski definition) is 2. The fourth-order valence-corrected chi connectivity index (χ4v) is 1.82. The molecule has 0 saturated heterocycles. The van der Waals surface area contributed by atoms with Gasteiger partial charge in [0.25, 0.3) is 0 Å². The van der Waals surface area contributed by atoms with Gasteiger partial charge in [-0.3, -0.25) is 5.32 Å². The molecule has 0 saturated carbocycles. The zero-order chi connectivity index (χ0) is 14.4. The minimum atomic E-state index is -0.476. The van der Waals surface area contributed by atoms with E-state index in [4.69, 9.17) is 0 Å². The molecule has 106 valence electrons. The van der Waals surface area contributed by atoms with Gasteiger partial charge < -0.3 is 14.6 Å². The lowest BCUT2D eigenvalue weighted by atomic mass is 10.3. The van der Waals surface area contributed by atoms with Crippen molar-refractivity contribution in [2.75, 3.05) is 17.7 Å². The van der Waals surface area contributed by atoms with E-state index in [1.807, 2.05) is 30.5 Å². The normalized spacial score (nSPS) is 10.1. The summed E-state index contributed by atoms with van der Waals surface area (Å²) < 4.78 is 6.61. The summed E-state index contributed by atoms with van der Waals surface area (Å²) in [6.45, 7) is 3.64. The highest BCUT2D eigenvalue weighted by molar-refractivity contribution is 5.84. The number of nitrogens with one attached hydrogen (secondary N) is 2. The van der Waals surface area contributed by atoms with Crippen molar-refractivity contribution in [3.05, 3.63) is 42.5 Å². The second-order valence-corrected chi connectivity index (χ2v) is 4.18. The highest BCUT2D eigenvalue weighted by Crippen LogP contribution is 2.14. The molecule has 0 fully saturated rings. The Morgan fingerprint density at radius 3 is 2.65 bits per heavy atom. The van der Waals surface area contributed by atoms with Crippen molar-refractivity contribution in [3.8, 4) is 0 Å². The van der Waals surface area contributed by atoms with Crippen molar-refractivity contribution in [2.24, 2.45) is 0 Å². The first-order valence-electron chi connectivity index (χ1n) is 6.42. The van der Waals surface area contributed by atoms with Crippen LogP contribution in [0.2, 0.25) is 0 Å². The third kappa shape index (κ3) is 3.50. The Balaban J connectivity index is 1.92. The van der Waals surface area contributed by atoms with E-state index in [0.717, 1.165) is 18.1 Å². The molecule has 0 spiro atoms. The van der Waals surface area contributed by atoms with Gasteiger partial charge in [0.2, 0.25) is 0 Å². The van der Waals surface area contributed by atoms with E-state index in [1.165, 1.54) is 7.11 Å². The van der Waals surface area contributed by atoms with E-state index >= 15 is 0 Å². The molecule has 2 aromatic rings. The van der Waals surface area contributed by atoms with Crippen LogP contribution in [0.3, 0.4) is 0 Å². The zero-order valence-corrected chi connectivity index (χ0v) is 11.6. The van der Waals surface area contributed by atoms with Crippen LogP contribution in [0, 0.1) is 0 Å². The van der Waals surface area contributed by atoms with Crippen molar-refractivity contribution in [2.45, 2.75) is 20.0 Å². The maximum Gasteiger partial charge on any atom is 0.411 e. The van der Waals surface area contributed by atoms with Crippen LogP contribution in [0.1, 0.15) is 12.7 Å². The first kappa shape index (κ1) is 13.9. The molecule has 2 rings (SSSR count). The molecule has 0 unspecified atom stereocenters. The first-order valence-corrected chi connectivity index (χ1v) is 6.42. The number of aryl methyl sites for hydroxylation is 1. The van der Waals surface area contributed by atoms with Crippen molar-refractivity contribution < 1.29 is 9.53 Å². The van der Waals surface area contributed by atoms with E-state index in [2.05, 4.69) is 31.8 Å². The van der Waals surface area contributed by atoms with Gasteiger partial charge in [0.05, 0.1) is 13.7 Å². The lowest BCUT2D eigenvalue weighted by Gasteiger charge is -2.09. The number of nitrogens with zero attached hydrogens (tertiary/aromatic N) is 2. The lowest BCUT2D eigenvalue weighted by Crippen LogP contribution is -2.11. The zero-order valence-electron chi connectivity index (χ0n) is 11.6. The molecule has 0 bridgehead atoms. The number of methoxy groups -OCH3 is 1.